The van der Waals surface area contributed by atoms with Gasteiger partial charge in [0.15, 0.2) is 11.5 Å². The molecule has 7 nitrogen and oxygen atoms in total. The second-order valence-corrected chi connectivity index (χ2v) is 10.5. The normalized spacial score (nSPS) is 25.6. The monoisotopic (exact) mass is 512 g/mol. The van der Waals surface area contributed by atoms with Gasteiger partial charge in [0.2, 0.25) is 12.7 Å². The average Bonchev–Trinajstić information content (AvgIpc) is 3.59. The predicted octanol–water partition coefficient (Wildman–Crippen LogP) is 4.14. The van der Waals surface area contributed by atoms with Crippen molar-refractivity contribution >= 4 is 24.0 Å². The third-order valence-electron chi connectivity index (χ3n) is 8.76. The Hall–Kier alpha value is -2.48. The maximum absolute atomic E-state index is 14.1. The number of amides is 1. The van der Waals surface area contributed by atoms with Crippen molar-refractivity contribution in [3.05, 3.63) is 47.5 Å². The van der Waals surface area contributed by atoms with Crippen LogP contribution in [0.3, 0.4) is 0 Å². The Labute approximate surface area is 218 Å². The van der Waals surface area contributed by atoms with E-state index < -0.39 is 5.41 Å². The number of rotatable bonds is 4. The molecule has 0 aliphatic carbocycles. The van der Waals surface area contributed by atoms with Crippen LogP contribution >= 0.6 is 12.4 Å². The summed E-state index contributed by atoms with van der Waals surface area (Å²) >= 11 is 0. The topological polar surface area (TPSA) is 60.5 Å². The van der Waals surface area contributed by atoms with Crippen molar-refractivity contribution < 1.29 is 23.7 Å². The Morgan fingerprint density at radius 2 is 1.64 bits per heavy atom. The summed E-state index contributed by atoms with van der Waals surface area (Å²) in [5.74, 6) is 2.87. The van der Waals surface area contributed by atoms with Crippen molar-refractivity contribution in [1.82, 2.24) is 4.90 Å². The summed E-state index contributed by atoms with van der Waals surface area (Å²) in [6.07, 6.45) is 5.78. The molecule has 192 valence electrons. The number of carbonyl (C=O) groups is 1. The number of ether oxygens (including phenoxy) is 4. The average molecular weight is 513 g/mol. The van der Waals surface area contributed by atoms with E-state index in [1.807, 2.05) is 29.2 Å². The summed E-state index contributed by atoms with van der Waals surface area (Å²) in [6.45, 7) is 5.40. The first-order chi connectivity index (χ1) is 17.2. The van der Waals surface area contributed by atoms with Crippen molar-refractivity contribution in [2.24, 2.45) is 5.92 Å². The molecule has 2 saturated heterocycles. The highest BCUT2D eigenvalue weighted by Crippen LogP contribution is 2.55. The molecule has 0 N–H and O–H groups in total. The van der Waals surface area contributed by atoms with E-state index in [1.165, 1.54) is 12.8 Å². The highest BCUT2D eigenvalue weighted by molar-refractivity contribution is 6.11. The number of piperidine rings is 1. The highest BCUT2D eigenvalue weighted by Gasteiger charge is 2.57. The van der Waals surface area contributed by atoms with Crippen molar-refractivity contribution in [3.63, 3.8) is 0 Å². The lowest BCUT2D eigenvalue weighted by atomic mass is 9.77. The van der Waals surface area contributed by atoms with Crippen LogP contribution in [0.4, 0.5) is 5.69 Å². The Balaban J connectivity index is 0.00000240. The zero-order valence-corrected chi connectivity index (χ0v) is 21.3. The first-order valence-corrected chi connectivity index (χ1v) is 13.0. The molecular weight excluding hydrogens is 480 g/mol. The van der Waals surface area contributed by atoms with Crippen LogP contribution in [0.15, 0.2) is 36.4 Å². The molecule has 1 amide bonds. The Morgan fingerprint density at radius 3 is 2.44 bits per heavy atom. The molecule has 8 heteroatoms. The molecule has 0 radical (unpaired) electrons. The summed E-state index contributed by atoms with van der Waals surface area (Å²) in [5.41, 5.74) is 2.15. The van der Waals surface area contributed by atoms with E-state index in [1.54, 1.807) is 0 Å². The van der Waals surface area contributed by atoms with Crippen LogP contribution in [0.25, 0.3) is 0 Å². The zero-order chi connectivity index (χ0) is 23.4. The molecule has 2 aromatic rings. The van der Waals surface area contributed by atoms with Gasteiger partial charge in [0.25, 0.3) is 0 Å². The van der Waals surface area contributed by atoms with Gasteiger partial charge in [-0.1, -0.05) is 18.2 Å². The largest absolute Gasteiger partial charge is 0.491 e. The molecule has 1 spiro atoms. The van der Waals surface area contributed by atoms with Crippen LogP contribution in [0, 0.1) is 5.92 Å². The second kappa shape index (κ2) is 9.43. The third kappa shape index (κ3) is 3.66. The molecule has 5 heterocycles. The maximum atomic E-state index is 14.1. The first-order valence-electron chi connectivity index (χ1n) is 13.0. The van der Waals surface area contributed by atoms with Crippen molar-refractivity contribution in [3.8, 4) is 17.2 Å². The molecule has 2 fully saturated rings. The highest BCUT2D eigenvalue weighted by atomic mass is 35.5. The van der Waals surface area contributed by atoms with Gasteiger partial charge >= 0.3 is 0 Å². The predicted molar refractivity (Wildman–Crippen MR) is 138 cm³/mol. The lowest BCUT2D eigenvalue weighted by Crippen LogP contribution is -2.45. The number of anilines is 1. The first kappa shape index (κ1) is 23.9. The van der Waals surface area contributed by atoms with Crippen LogP contribution in [-0.4, -0.2) is 63.1 Å². The number of hydrogen-bond acceptors (Lipinski definition) is 6. The van der Waals surface area contributed by atoms with E-state index in [0.29, 0.717) is 30.1 Å². The number of benzene rings is 2. The van der Waals surface area contributed by atoms with E-state index in [4.69, 9.17) is 18.9 Å². The maximum Gasteiger partial charge on any atom is 0.245 e. The fourth-order valence-corrected chi connectivity index (χ4v) is 6.76. The summed E-state index contributed by atoms with van der Waals surface area (Å²) < 4.78 is 22.8. The van der Waals surface area contributed by atoms with Crippen LogP contribution in [-0.2, 0) is 14.9 Å². The number of halogens is 1. The van der Waals surface area contributed by atoms with Crippen LogP contribution in [0.5, 0.6) is 17.2 Å². The van der Waals surface area contributed by atoms with Crippen LogP contribution in [0.2, 0.25) is 0 Å². The number of likely N-dealkylation sites (tertiary alicyclic amines) is 1. The van der Waals surface area contributed by atoms with E-state index >= 15 is 0 Å². The van der Waals surface area contributed by atoms with E-state index in [0.717, 1.165) is 74.7 Å². The van der Waals surface area contributed by atoms with Gasteiger partial charge in [-0.05, 0) is 68.8 Å². The summed E-state index contributed by atoms with van der Waals surface area (Å²) in [6, 6.07) is 12.7. The van der Waals surface area contributed by atoms with Crippen LogP contribution in [0.1, 0.15) is 43.2 Å². The molecule has 0 saturated carbocycles. The minimum atomic E-state index is -0.806. The number of fused-ring (bicyclic) bond motifs is 5. The van der Waals surface area contributed by atoms with Gasteiger partial charge in [-0.3, -0.25) is 4.79 Å². The standard InChI is InChI=1S/C28H32N2O5.ClH/c31-27-28(17-33-24-16-26-25(15-22(24)28)34-18-35-26)21-3-1-2-4-23(21)30(27)12-7-19-5-10-29(11-6-19)20-8-13-32-14-9-20;/h1-4,15-16,19-20H,5-14,17-18H2;1H. The fraction of sp³-hybridized carbons (Fsp3) is 0.536. The zero-order valence-electron chi connectivity index (χ0n) is 20.4. The SMILES string of the molecule is Cl.O=C1N(CCC2CCN(C3CCOCC3)CC2)c2ccccc2C12COc1cc3c(cc12)OCO3. The Bertz CT molecular complexity index is 1140. The van der Waals surface area contributed by atoms with Crippen molar-refractivity contribution in [1.29, 1.82) is 0 Å². The van der Waals surface area contributed by atoms with Gasteiger partial charge in [0.1, 0.15) is 17.8 Å². The van der Waals surface area contributed by atoms with E-state index in [9.17, 15) is 4.79 Å². The van der Waals surface area contributed by atoms with E-state index in [-0.39, 0.29) is 25.1 Å². The van der Waals surface area contributed by atoms with Gasteiger partial charge in [0, 0.05) is 43.1 Å². The van der Waals surface area contributed by atoms with E-state index in [2.05, 4.69) is 17.0 Å². The molecule has 36 heavy (non-hydrogen) atoms. The number of para-hydroxylation sites is 1. The van der Waals surface area contributed by atoms with Crippen molar-refractivity contribution in [2.75, 3.05) is 51.1 Å². The van der Waals surface area contributed by atoms with Crippen molar-refractivity contribution in [2.45, 2.75) is 43.6 Å². The number of nitrogens with zero attached hydrogens (tertiary/aromatic N) is 2. The molecular formula is C28H33ClN2O5. The Kier molecular flexibility index (Phi) is 6.26. The molecule has 2 aromatic carbocycles. The van der Waals surface area contributed by atoms with Gasteiger partial charge < -0.3 is 28.7 Å². The minimum Gasteiger partial charge on any atom is -0.491 e. The molecule has 5 aliphatic rings. The molecule has 0 bridgehead atoms. The minimum absolute atomic E-state index is 0. The smallest absolute Gasteiger partial charge is 0.245 e. The molecule has 0 aromatic heterocycles. The lowest BCUT2D eigenvalue weighted by molar-refractivity contribution is -0.122. The number of hydrogen-bond donors (Lipinski definition) is 0. The van der Waals surface area contributed by atoms with Gasteiger partial charge in [-0.15, -0.1) is 12.4 Å². The number of carbonyl (C=O) groups excluding carboxylic acids is 1. The van der Waals surface area contributed by atoms with Gasteiger partial charge in [-0.2, -0.15) is 0 Å². The molecule has 1 unspecified atom stereocenters. The lowest BCUT2D eigenvalue weighted by Gasteiger charge is -2.39. The summed E-state index contributed by atoms with van der Waals surface area (Å²) in [5, 5.41) is 0. The fourth-order valence-electron chi connectivity index (χ4n) is 6.76. The Morgan fingerprint density at radius 1 is 0.889 bits per heavy atom. The molecule has 5 aliphatic heterocycles. The second-order valence-electron chi connectivity index (χ2n) is 10.5. The molecule has 7 rings (SSSR count). The molecule has 1 atom stereocenters. The third-order valence-corrected chi connectivity index (χ3v) is 8.76. The quantitative estimate of drug-likeness (QED) is 0.613. The van der Waals surface area contributed by atoms with Gasteiger partial charge in [-0.25, -0.2) is 0 Å². The van der Waals surface area contributed by atoms with Gasteiger partial charge in [0.05, 0.1) is 0 Å². The summed E-state index contributed by atoms with van der Waals surface area (Å²) in [7, 11) is 0. The van der Waals surface area contributed by atoms with Crippen LogP contribution < -0.4 is 19.1 Å². The summed E-state index contributed by atoms with van der Waals surface area (Å²) in [4.78, 5) is 18.8.